The van der Waals surface area contributed by atoms with Gasteiger partial charge in [-0.2, -0.15) is 5.10 Å². The number of amides is 1. The number of rotatable bonds is 5. The molecule has 0 saturated heterocycles. The highest BCUT2D eigenvalue weighted by molar-refractivity contribution is 6.02. The van der Waals surface area contributed by atoms with Crippen molar-refractivity contribution in [3.63, 3.8) is 0 Å². The van der Waals surface area contributed by atoms with E-state index in [0.29, 0.717) is 6.42 Å². The molecule has 1 amide bonds. The topological polar surface area (TPSA) is 50.7 Å². The van der Waals surface area contributed by atoms with E-state index in [2.05, 4.69) is 10.5 Å². The van der Waals surface area contributed by atoms with E-state index in [0.717, 1.165) is 28.5 Å². The van der Waals surface area contributed by atoms with Gasteiger partial charge in [0.15, 0.2) is 0 Å². The van der Waals surface area contributed by atoms with Crippen molar-refractivity contribution in [1.29, 1.82) is 0 Å². The molecule has 20 heavy (non-hydrogen) atoms. The fourth-order valence-corrected chi connectivity index (χ4v) is 2.04. The molecule has 0 saturated carbocycles. The molecule has 2 rings (SSSR count). The van der Waals surface area contributed by atoms with Crippen LogP contribution in [0.15, 0.2) is 41.5 Å². The van der Waals surface area contributed by atoms with Crippen LogP contribution in [-0.2, 0) is 4.79 Å². The zero-order chi connectivity index (χ0) is 14.4. The van der Waals surface area contributed by atoms with Crippen LogP contribution in [0.3, 0.4) is 0 Å². The second-order valence-corrected chi connectivity index (χ2v) is 4.45. The Morgan fingerprint density at radius 2 is 2.10 bits per heavy atom. The van der Waals surface area contributed by atoms with Crippen LogP contribution in [0.25, 0.3) is 10.8 Å². The number of nitrogens with one attached hydrogen (secondary N) is 1. The Morgan fingerprint density at radius 1 is 1.30 bits per heavy atom. The van der Waals surface area contributed by atoms with Crippen molar-refractivity contribution in [3.05, 3.63) is 42.0 Å². The third-order valence-electron chi connectivity index (χ3n) is 3.01. The molecule has 0 radical (unpaired) electrons. The van der Waals surface area contributed by atoms with Gasteiger partial charge in [-0.15, -0.1) is 0 Å². The van der Waals surface area contributed by atoms with Crippen LogP contribution in [-0.4, -0.2) is 19.2 Å². The number of methoxy groups -OCH3 is 1. The molecular weight excluding hydrogens is 252 g/mol. The number of hydrazone groups is 1. The number of carbonyl (C=O) groups is 1. The van der Waals surface area contributed by atoms with E-state index in [-0.39, 0.29) is 5.91 Å². The molecule has 0 aromatic heterocycles. The van der Waals surface area contributed by atoms with Crippen LogP contribution in [0, 0.1) is 0 Å². The molecule has 4 heteroatoms. The summed E-state index contributed by atoms with van der Waals surface area (Å²) in [7, 11) is 1.62. The maximum Gasteiger partial charge on any atom is 0.240 e. The summed E-state index contributed by atoms with van der Waals surface area (Å²) >= 11 is 0. The highest BCUT2D eigenvalue weighted by Gasteiger charge is 2.06. The van der Waals surface area contributed by atoms with Gasteiger partial charge in [-0.1, -0.05) is 37.3 Å². The number of fused-ring (bicyclic) bond motifs is 1. The molecule has 4 nitrogen and oxygen atoms in total. The summed E-state index contributed by atoms with van der Waals surface area (Å²) in [6.07, 6.45) is 2.91. The van der Waals surface area contributed by atoms with Crippen molar-refractivity contribution in [1.82, 2.24) is 5.43 Å². The number of nitrogens with zero attached hydrogens (tertiary/aromatic N) is 1. The minimum absolute atomic E-state index is 0.0806. The van der Waals surface area contributed by atoms with E-state index in [1.165, 1.54) is 0 Å². The third-order valence-corrected chi connectivity index (χ3v) is 3.01. The first-order valence-electron chi connectivity index (χ1n) is 6.64. The maximum absolute atomic E-state index is 11.4. The lowest BCUT2D eigenvalue weighted by Gasteiger charge is -2.08. The Hall–Kier alpha value is -2.36. The molecule has 0 atom stereocenters. The number of hydrogen-bond donors (Lipinski definition) is 1. The molecule has 0 aliphatic rings. The van der Waals surface area contributed by atoms with Gasteiger partial charge < -0.3 is 4.74 Å². The van der Waals surface area contributed by atoms with Crippen molar-refractivity contribution in [2.24, 2.45) is 5.10 Å². The number of carbonyl (C=O) groups excluding carboxylic acids is 1. The van der Waals surface area contributed by atoms with Gasteiger partial charge in [-0.25, -0.2) is 5.43 Å². The summed E-state index contributed by atoms with van der Waals surface area (Å²) in [5.74, 6) is 0.653. The van der Waals surface area contributed by atoms with E-state index < -0.39 is 0 Å². The second kappa shape index (κ2) is 6.70. The molecular formula is C16H18N2O2. The van der Waals surface area contributed by atoms with Crippen molar-refractivity contribution in [2.45, 2.75) is 19.8 Å². The molecule has 0 aliphatic carbocycles. The molecule has 0 heterocycles. The molecule has 0 spiro atoms. The first-order chi connectivity index (χ1) is 9.76. The zero-order valence-corrected chi connectivity index (χ0v) is 11.7. The summed E-state index contributed by atoms with van der Waals surface area (Å²) in [6.45, 7) is 1.96. The zero-order valence-electron chi connectivity index (χ0n) is 11.7. The van der Waals surface area contributed by atoms with Gasteiger partial charge >= 0.3 is 0 Å². The molecule has 0 aliphatic heterocycles. The van der Waals surface area contributed by atoms with Gasteiger partial charge in [0.2, 0.25) is 5.91 Å². The predicted molar refractivity (Wildman–Crippen MR) is 81.1 cm³/mol. The van der Waals surface area contributed by atoms with Crippen LogP contribution < -0.4 is 10.2 Å². The van der Waals surface area contributed by atoms with Gasteiger partial charge in [0.05, 0.1) is 13.3 Å². The van der Waals surface area contributed by atoms with Gasteiger partial charge in [0, 0.05) is 12.0 Å². The average molecular weight is 270 g/mol. The van der Waals surface area contributed by atoms with Gasteiger partial charge in [0.1, 0.15) is 5.75 Å². The number of ether oxygens (including phenoxy) is 1. The predicted octanol–water partition coefficient (Wildman–Crippen LogP) is 3.10. The minimum Gasteiger partial charge on any atom is -0.496 e. The van der Waals surface area contributed by atoms with Crippen LogP contribution in [0.4, 0.5) is 0 Å². The van der Waals surface area contributed by atoms with Crippen molar-refractivity contribution in [3.8, 4) is 5.75 Å². The normalized spacial score (nSPS) is 10.9. The van der Waals surface area contributed by atoms with E-state index in [9.17, 15) is 4.79 Å². The molecule has 2 aromatic rings. The second-order valence-electron chi connectivity index (χ2n) is 4.45. The quantitative estimate of drug-likeness (QED) is 0.670. The summed E-state index contributed by atoms with van der Waals surface area (Å²) in [4.78, 5) is 11.4. The standard InChI is InChI=1S/C16H18N2O2/c1-3-6-16(19)18-17-11-14-13-8-5-4-7-12(13)9-10-15(14)20-2/h4-5,7-11H,3,6H2,1-2H3,(H,18,19)/b17-11+. The summed E-state index contributed by atoms with van der Waals surface area (Å²) in [6, 6.07) is 11.9. The average Bonchev–Trinajstić information content (AvgIpc) is 2.47. The molecule has 1 N–H and O–H groups in total. The smallest absolute Gasteiger partial charge is 0.240 e. The lowest BCUT2D eigenvalue weighted by molar-refractivity contribution is -0.121. The van der Waals surface area contributed by atoms with E-state index in [4.69, 9.17) is 4.74 Å². The molecule has 104 valence electrons. The fraction of sp³-hybridized carbons (Fsp3) is 0.250. The maximum atomic E-state index is 11.4. The minimum atomic E-state index is -0.0806. The largest absolute Gasteiger partial charge is 0.496 e. The monoisotopic (exact) mass is 270 g/mol. The van der Waals surface area contributed by atoms with E-state index in [1.54, 1.807) is 13.3 Å². The van der Waals surface area contributed by atoms with Crippen molar-refractivity contribution >= 4 is 22.9 Å². The SMILES string of the molecule is CCCC(=O)N/N=C/c1c(OC)ccc2ccccc12. The molecule has 0 bridgehead atoms. The highest BCUT2D eigenvalue weighted by atomic mass is 16.5. The van der Waals surface area contributed by atoms with Gasteiger partial charge in [0.25, 0.3) is 0 Å². The lowest BCUT2D eigenvalue weighted by atomic mass is 10.0. The summed E-state index contributed by atoms with van der Waals surface area (Å²) < 4.78 is 5.35. The summed E-state index contributed by atoms with van der Waals surface area (Å²) in [5.41, 5.74) is 3.39. The Balaban J connectivity index is 2.31. The highest BCUT2D eigenvalue weighted by Crippen LogP contribution is 2.26. The van der Waals surface area contributed by atoms with Crippen molar-refractivity contribution in [2.75, 3.05) is 7.11 Å². The van der Waals surface area contributed by atoms with Crippen LogP contribution in [0.5, 0.6) is 5.75 Å². The van der Waals surface area contributed by atoms with E-state index >= 15 is 0 Å². The Bertz CT molecular complexity index is 635. The van der Waals surface area contributed by atoms with Crippen molar-refractivity contribution < 1.29 is 9.53 Å². The van der Waals surface area contributed by atoms with Crippen LogP contribution >= 0.6 is 0 Å². The van der Waals surface area contributed by atoms with Crippen LogP contribution in [0.2, 0.25) is 0 Å². The first-order valence-corrected chi connectivity index (χ1v) is 6.64. The molecule has 0 unspecified atom stereocenters. The Morgan fingerprint density at radius 3 is 2.85 bits per heavy atom. The lowest BCUT2D eigenvalue weighted by Crippen LogP contribution is -2.16. The Labute approximate surface area is 118 Å². The van der Waals surface area contributed by atoms with Gasteiger partial charge in [-0.3, -0.25) is 4.79 Å². The molecule has 2 aromatic carbocycles. The van der Waals surface area contributed by atoms with Gasteiger partial charge in [-0.05, 0) is 23.3 Å². The van der Waals surface area contributed by atoms with E-state index in [1.807, 2.05) is 43.3 Å². The number of hydrogen-bond acceptors (Lipinski definition) is 3. The number of benzene rings is 2. The molecule has 0 fully saturated rings. The first kappa shape index (κ1) is 14.1. The fourth-order valence-electron chi connectivity index (χ4n) is 2.04. The third kappa shape index (κ3) is 3.15. The van der Waals surface area contributed by atoms with Crippen LogP contribution in [0.1, 0.15) is 25.3 Å². The summed E-state index contributed by atoms with van der Waals surface area (Å²) in [5, 5.41) is 6.16. The Kier molecular flexibility index (Phi) is 4.71.